The summed E-state index contributed by atoms with van der Waals surface area (Å²) in [5.74, 6) is -1.08. The van der Waals surface area contributed by atoms with Crippen LogP contribution in [0.4, 0.5) is 10.7 Å². The van der Waals surface area contributed by atoms with E-state index in [0.717, 1.165) is 37.1 Å². The smallest absolute Gasteiger partial charge is 0.339 e. The summed E-state index contributed by atoms with van der Waals surface area (Å²) < 4.78 is 6.98. The summed E-state index contributed by atoms with van der Waals surface area (Å²) in [4.78, 5) is 27.9. The van der Waals surface area contributed by atoms with E-state index in [1.165, 1.54) is 25.6 Å². The lowest BCUT2D eigenvalue weighted by Gasteiger charge is -2.35. The lowest BCUT2D eigenvalue weighted by Crippen LogP contribution is -2.43. The Hall–Kier alpha value is -2.43. The molecule has 0 radical (unpaired) electrons. The monoisotopic (exact) mass is 602 g/mol. The van der Waals surface area contributed by atoms with Gasteiger partial charge >= 0.3 is 5.97 Å². The van der Waals surface area contributed by atoms with Crippen LogP contribution in [0.2, 0.25) is 0 Å². The number of aromatic carboxylic acids is 1. The minimum Gasteiger partial charge on any atom is -0.478 e. The predicted molar refractivity (Wildman–Crippen MR) is 147 cm³/mol. The van der Waals surface area contributed by atoms with Gasteiger partial charge in [-0.1, -0.05) is 24.3 Å². The van der Waals surface area contributed by atoms with Gasteiger partial charge in [0.15, 0.2) is 0 Å². The van der Waals surface area contributed by atoms with Crippen molar-refractivity contribution in [2.75, 3.05) is 27.8 Å². The van der Waals surface area contributed by atoms with Gasteiger partial charge in [0.25, 0.3) is 5.91 Å². The standard InChI is InChI=1S/C27H27IN2O4S/c1-17-15-34-13-12-29(17)22-10-8-19(9-11-22)25(31)30(28)26-24(27(32)33)23(16-35-26)21-7-6-18-4-2-3-5-20(18)14-21/h2-5,8-11,16-17,21H,6-7,12-15H2,1H3,(H,32,33)/t17-,21?/m1/s1. The van der Waals surface area contributed by atoms with Crippen molar-refractivity contribution in [3.05, 3.63) is 81.7 Å². The van der Waals surface area contributed by atoms with Crippen molar-refractivity contribution >= 4 is 56.8 Å². The molecule has 35 heavy (non-hydrogen) atoms. The number of carbonyl (C=O) groups excluding carboxylic acids is 1. The predicted octanol–water partition coefficient (Wildman–Crippen LogP) is 5.94. The highest BCUT2D eigenvalue weighted by atomic mass is 127. The van der Waals surface area contributed by atoms with Gasteiger partial charge in [0, 0.05) is 23.8 Å². The molecule has 2 heterocycles. The zero-order chi connectivity index (χ0) is 24.5. The number of aryl methyl sites for hydroxylation is 1. The second-order valence-corrected chi connectivity index (χ2v) is 11.0. The van der Waals surface area contributed by atoms with Gasteiger partial charge in [-0.3, -0.25) is 4.79 Å². The molecule has 2 atom stereocenters. The minimum absolute atomic E-state index is 0.135. The molecule has 1 aliphatic carbocycles. The summed E-state index contributed by atoms with van der Waals surface area (Å²) in [5.41, 5.74) is 5.29. The molecule has 0 spiro atoms. The summed E-state index contributed by atoms with van der Waals surface area (Å²) in [5, 5.41) is 12.5. The number of hydrogen-bond acceptors (Lipinski definition) is 5. The Morgan fingerprint density at radius 1 is 1.14 bits per heavy atom. The van der Waals surface area contributed by atoms with Gasteiger partial charge in [0.05, 0.1) is 41.6 Å². The molecular formula is C27H27IN2O4S. The maximum Gasteiger partial charge on any atom is 0.339 e. The molecule has 1 aliphatic heterocycles. The second-order valence-electron chi connectivity index (χ2n) is 9.13. The van der Waals surface area contributed by atoms with Crippen molar-refractivity contribution in [1.82, 2.24) is 0 Å². The van der Waals surface area contributed by atoms with Crippen molar-refractivity contribution in [3.8, 4) is 0 Å². The molecule has 1 fully saturated rings. The van der Waals surface area contributed by atoms with Crippen LogP contribution in [0.15, 0.2) is 53.9 Å². The van der Waals surface area contributed by atoms with E-state index in [2.05, 4.69) is 30.0 Å². The Bertz CT molecular complexity index is 1240. The maximum atomic E-state index is 13.3. The van der Waals surface area contributed by atoms with E-state index in [9.17, 15) is 14.7 Å². The lowest BCUT2D eigenvalue weighted by molar-refractivity contribution is 0.0696. The molecule has 182 valence electrons. The molecule has 1 N–H and O–H groups in total. The number of rotatable bonds is 5. The summed E-state index contributed by atoms with van der Waals surface area (Å²) in [6, 6.07) is 16.2. The Morgan fingerprint density at radius 3 is 2.60 bits per heavy atom. The molecule has 1 unspecified atom stereocenters. The number of carboxylic acid groups (broad SMARTS) is 1. The van der Waals surface area contributed by atoms with Crippen LogP contribution in [0.5, 0.6) is 0 Å². The second kappa shape index (κ2) is 10.3. The van der Waals surface area contributed by atoms with E-state index in [4.69, 9.17) is 4.74 Å². The van der Waals surface area contributed by atoms with E-state index in [0.29, 0.717) is 23.8 Å². The number of anilines is 2. The van der Waals surface area contributed by atoms with Gasteiger partial charge in [-0.25, -0.2) is 7.91 Å². The van der Waals surface area contributed by atoms with Crippen LogP contribution in [0.3, 0.4) is 0 Å². The van der Waals surface area contributed by atoms with Crippen LogP contribution >= 0.6 is 34.2 Å². The highest BCUT2D eigenvalue weighted by Gasteiger charge is 2.31. The van der Waals surface area contributed by atoms with E-state index in [1.54, 1.807) is 0 Å². The molecule has 8 heteroatoms. The van der Waals surface area contributed by atoms with Crippen LogP contribution in [0.25, 0.3) is 0 Å². The van der Waals surface area contributed by atoms with Crippen molar-refractivity contribution in [2.45, 2.75) is 38.1 Å². The Morgan fingerprint density at radius 2 is 1.89 bits per heavy atom. The number of thiophene rings is 1. The quantitative estimate of drug-likeness (QED) is 0.289. The molecule has 2 aromatic carbocycles. The van der Waals surface area contributed by atoms with Crippen LogP contribution in [0, 0.1) is 0 Å². The number of ether oxygens (including phenoxy) is 1. The molecule has 0 saturated carbocycles. The molecular weight excluding hydrogens is 575 g/mol. The zero-order valence-electron chi connectivity index (χ0n) is 19.4. The number of nitrogens with zero attached hydrogens (tertiary/aromatic N) is 2. The molecule has 3 aromatic rings. The first-order valence-corrected chi connectivity index (χ1v) is 13.6. The molecule has 2 aliphatic rings. The molecule has 1 aromatic heterocycles. The zero-order valence-corrected chi connectivity index (χ0v) is 22.4. The number of carbonyl (C=O) groups is 2. The third-order valence-electron chi connectivity index (χ3n) is 6.97. The third-order valence-corrected chi connectivity index (χ3v) is 9.20. The van der Waals surface area contributed by atoms with E-state index >= 15 is 0 Å². The van der Waals surface area contributed by atoms with Gasteiger partial charge in [0.2, 0.25) is 0 Å². The van der Waals surface area contributed by atoms with E-state index in [1.807, 2.05) is 58.6 Å². The largest absolute Gasteiger partial charge is 0.478 e. The number of halogens is 1. The minimum atomic E-state index is -0.985. The average Bonchev–Trinajstić information content (AvgIpc) is 3.34. The Labute approximate surface area is 223 Å². The summed E-state index contributed by atoms with van der Waals surface area (Å²) in [6.07, 6.45) is 2.67. The van der Waals surface area contributed by atoms with Crippen molar-refractivity contribution < 1.29 is 19.4 Å². The van der Waals surface area contributed by atoms with Gasteiger partial charge in [-0.15, -0.1) is 11.3 Å². The fourth-order valence-electron chi connectivity index (χ4n) is 5.10. The average molecular weight is 602 g/mol. The van der Waals surface area contributed by atoms with E-state index < -0.39 is 5.97 Å². The molecule has 0 bridgehead atoms. The number of benzene rings is 2. The van der Waals surface area contributed by atoms with Crippen LogP contribution in [-0.4, -0.2) is 42.8 Å². The van der Waals surface area contributed by atoms with Crippen LogP contribution in [-0.2, 0) is 17.6 Å². The first kappa shape index (κ1) is 24.3. The van der Waals surface area contributed by atoms with Crippen molar-refractivity contribution in [2.24, 2.45) is 0 Å². The Kier molecular flexibility index (Phi) is 7.13. The van der Waals surface area contributed by atoms with Gasteiger partial charge in [-0.2, -0.15) is 0 Å². The van der Waals surface area contributed by atoms with E-state index in [-0.39, 0.29) is 23.4 Å². The van der Waals surface area contributed by atoms with Crippen molar-refractivity contribution in [3.63, 3.8) is 0 Å². The first-order valence-electron chi connectivity index (χ1n) is 11.8. The van der Waals surface area contributed by atoms with Crippen molar-refractivity contribution in [1.29, 1.82) is 0 Å². The maximum absolute atomic E-state index is 13.3. The highest BCUT2D eigenvalue weighted by molar-refractivity contribution is 14.1. The molecule has 5 rings (SSSR count). The van der Waals surface area contributed by atoms with Gasteiger partial charge < -0.3 is 14.7 Å². The fraction of sp³-hybridized carbons (Fsp3) is 0.333. The molecule has 1 saturated heterocycles. The number of amides is 1. The number of fused-ring (bicyclic) bond motifs is 1. The first-order chi connectivity index (χ1) is 16.9. The van der Waals surface area contributed by atoms with Crippen LogP contribution in [0.1, 0.15) is 56.7 Å². The Balaban J connectivity index is 1.37. The topological polar surface area (TPSA) is 70.1 Å². The normalized spacial score (nSPS) is 19.8. The lowest BCUT2D eigenvalue weighted by atomic mass is 9.80. The summed E-state index contributed by atoms with van der Waals surface area (Å²) in [7, 11) is 0. The fourth-order valence-corrected chi connectivity index (χ4v) is 7.00. The summed E-state index contributed by atoms with van der Waals surface area (Å²) >= 11 is 3.27. The third kappa shape index (κ3) is 4.83. The number of morpholine rings is 1. The van der Waals surface area contributed by atoms with Gasteiger partial charge in [-0.05, 0) is 78.4 Å². The molecule has 6 nitrogen and oxygen atoms in total. The highest BCUT2D eigenvalue weighted by Crippen LogP contribution is 2.42. The number of hydrogen-bond donors (Lipinski definition) is 1. The SMILES string of the molecule is C[C@@H]1COCCN1c1ccc(C(=O)N(I)c2scc(C3CCc4ccccc4C3)c2C(=O)O)cc1. The van der Waals surface area contributed by atoms with Crippen LogP contribution < -0.4 is 8.01 Å². The van der Waals surface area contributed by atoms with Gasteiger partial charge in [0.1, 0.15) is 5.00 Å². The molecule has 1 amide bonds. The summed E-state index contributed by atoms with van der Waals surface area (Å²) in [6.45, 7) is 4.32. The number of carboxylic acids is 1.